The van der Waals surface area contributed by atoms with E-state index in [1.54, 1.807) is 10.7 Å². The van der Waals surface area contributed by atoms with Crippen molar-refractivity contribution in [1.82, 2.24) is 19.6 Å². The number of benzene rings is 1. The summed E-state index contributed by atoms with van der Waals surface area (Å²) in [6.07, 6.45) is 2.63. The normalized spacial score (nSPS) is 10.8. The Labute approximate surface area is 121 Å². The highest BCUT2D eigenvalue weighted by Gasteiger charge is 2.15. The molecule has 106 valence electrons. The molecule has 0 spiro atoms. The number of carbonyl (C=O) groups is 1. The molecule has 6 heteroatoms. The van der Waals surface area contributed by atoms with Crippen LogP contribution >= 0.6 is 0 Å². The van der Waals surface area contributed by atoms with E-state index in [0.717, 1.165) is 17.7 Å². The minimum Gasteiger partial charge on any atom is -0.463 e. The van der Waals surface area contributed by atoms with Crippen molar-refractivity contribution in [2.24, 2.45) is 0 Å². The van der Waals surface area contributed by atoms with E-state index in [4.69, 9.17) is 0 Å². The average Bonchev–Trinajstić information content (AvgIpc) is 2.98. The van der Waals surface area contributed by atoms with Crippen LogP contribution < -0.4 is 0 Å². The average molecular weight is 282 g/mol. The van der Waals surface area contributed by atoms with Gasteiger partial charge in [0, 0.05) is 11.8 Å². The number of methoxy groups -OCH3 is 1. The highest BCUT2D eigenvalue weighted by Crippen LogP contribution is 2.20. The van der Waals surface area contributed by atoms with Gasteiger partial charge in [0.15, 0.2) is 0 Å². The van der Waals surface area contributed by atoms with E-state index in [9.17, 15) is 4.79 Å². The van der Waals surface area contributed by atoms with Gasteiger partial charge in [0.2, 0.25) is 0 Å². The van der Waals surface area contributed by atoms with Crippen LogP contribution in [0.2, 0.25) is 0 Å². The van der Waals surface area contributed by atoms with Gasteiger partial charge in [-0.1, -0.05) is 31.2 Å². The molecular weight excluding hydrogens is 268 g/mol. The second kappa shape index (κ2) is 5.32. The zero-order valence-electron chi connectivity index (χ0n) is 11.8. The minimum absolute atomic E-state index is 0.00243. The predicted octanol–water partition coefficient (Wildman–Crippen LogP) is 2.14. The molecule has 0 atom stereocenters. The Morgan fingerprint density at radius 3 is 2.67 bits per heavy atom. The lowest BCUT2D eigenvalue weighted by Gasteiger charge is -2.04. The summed E-state index contributed by atoms with van der Waals surface area (Å²) in [6, 6.07) is 10.0. The van der Waals surface area contributed by atoms with Gasteiger partial charge in [0.1, 0.15) is 0 Å². The summed E-state index contributed by atoms with van der Waals surface area (Å²) in [7, 11) is 1.30. The first-order chi connectivity index (χ1) is 10.2. The van der Waals surface area contributed by atoms with Crippen molar-refractivity contribution in [3.63, 3.8) is 0 Å². The van der Waals surface area contributed by atoms with Crippen LogP contribution in [0.3, 0.4) is 0 Å². The zero-order chi connectivity index (χ0) is 14.8. The summed E-state index contributed by atoms with van der Waals surface area (Å²) in [5.41, 5.74) is 3.07. The molecule has 0 aliphatic heterocycles. The maximum absolute atomic E-state index is 11.5. The van der Waals surface area contributed by atoms with E-state index in [0.29, 0.717) is 5.78 Å². The lowest BCUT2D eigenvalue weighted by molar-refractivity contribution is 0.0587. The maximum Gasteiger partial charge on any atom is 0.378 e. The Morgan fingerprint density at radius 1 is 1.24 bits per heavy atom. The van der Waals surface area contributed by atoms with E-state index in [1.807, 2.05) is 18.2 Å². The van der Waals surface area contributed by atoms with E-state index in [1.165, 1.54) is 12.7 Å². The Bertz CT molecular complexity index is 793. The summed E-state index contributed by atoms with van der Waals surface area (Å²) in [5.74, 6) is -0.206. The zero-order valence-corrected chi connectivity index (χ0v) is 11.8. The van der Waals surface area contributed by atoms with Crippen LogP contribution in [0.25, 0.3) is 17.0 Å². The standard InChI is InChI=1S/C15H14N4O2/c1-3-10-4-6-11(7-5-10)12-8-9-16-15-17-13(14(20)21-2)18-19(12)15/h4-9H,3H2,1-2H3. The molecule has 3 rings (SSSR count). The van der Waals surface area contributed by atoms with Crippen LogP contribution in [0, 0.1) is 0 Å². The van der Waals surface area contributed by atoms with Crippen LogP contribution in [0.4, 0.5) is 0 Å². The van der Waals surface area contributed by atoms with Gasteiger partial charge in [-0.15, -0.1) is 5.10 Å². The first kappa shape index (κ1) is 13.2. The number of carbonyl (C=O) groups excluding carboxylic acids is 1. The second-order valence-corrected chi connectivity index (χ2v) is 4.52. The van der Waals surface area contributed by atoms with Crippen molar-refractivity contribution in [3.05, 3.63) is 47.9 Å². The molecule has 6 nitrogen and oxygen atoms in total. The van der Waals surface area contributed by atoms with Crippen LogP contribution in [0.1, 0.15) is 23.1 Å². The van der Waals surface area contributed by atoms with Crippen molar-refractivity contribution in [2.75, 3.05) is 7.11 Å². The van der Waals surface area contributed by atoms with Crippen molar-refractivity contribution in [2.45, 2.75) is 13.3 Å². The third-order valence-electron chi connectivity index (χ3n) is 3.27. The molecule has 0 aliphatic rings. The fraction of sp³-hybridized carbons (Fsp3) is 0.200. The molecule has 2 aromatic heterocycles. The van der Waals surface area contributed by atoms with Crippen LogP contribution in [-0.4, -0.2) is 32.7 Å². The summed E-state index contributed by atoms with van der Waals surface area (Å²) in [6.45, 7) is 2.11. The number of ether oxygens (including phenoxy) is 1. The molecule has 21 heavy (non-hydrogen) atoms. The van der Waals surface area contributed by atoms with Crippen LogP contribution in [0.15, 0.2) is 36.5 Å². The molecule has 0 bridgehead atoms. The molecular formula is C15H14N4O2. The number of rotatable bonds is 3. The van der Waals surface area contributed by atoms with E-state index in [-0.39, 0.29) is 5.82 Å². The van der Waals surface area contributed by atoms with E-state index in [2.05, 4.69) is 38.9 Å². The Kier molecular flexibility index (Phi) is 3.35. The van der Waals surface area contributed by atoms with Crippen molar-refractivity contribution in [3.8, 4) is 11.3 Å². The third kappa shape index (κ3) is 2.35. The van der Waals surface area contributed by atoms with Gasteiger partial charge in [-0.2, -0.15) is 9.50 Å². The molecule has 3 aromatic rings. The summed E-state index contributed by atoms with van der Waals surface area (Å²) < 4.78 is 6.19. The SMILES string of the molecule is CCc1ccc(-c2ccnc3nc(C(=O)OC)nn23)cc1. The van der Waals surface area contributed by atoms with Gasteiger partial charge in [0.25, 0.3) is 11.6 Å². The van der Waals surface area contributed by atoms with Gasteiger partial charge >= 0.3 is 5.97 Å². The largest absolute Gasteiger partial charge is 0.463 e. The first-order valence-corrected chi connectivity index (χ1v) is 6.62. The molecule has 0 saturated carbocycles. The highest BCUT2D eigenvalue weighted by molar-refractivity contribution is 5.85. The van der Waals surface area contributed by atoms with Gasteiger partial charge in [0.05, 0.1) is 12.8 Å². The van der Waals surface area contributed by atoms with Gasteiger partial charge < -0.3 is 4.74 Å². The van der Waals surface area contributed by atoms with E-state index >= 15 is 0 Å². The maximum atomic E-state index is 11.5. The van der Waals surface area contributed by atoms with Crippen molar-refractivity contribution in [1.29, 1.82) is 0 Å². The Balaban J connectivity index is 2.13. The molecule has 0 saturated heterocycles. The number of aromatic nitrogens is 4. The number of esters is 1. The summed E-state index contributed by atoms with van der Waals surface area (Å²) in [4.78, 5) is 19.7. The monoisotopic (exact) mass is 282 g/mol. The number of fused-ring (bicyclic) bond motifs is 1. The second-order valence-electron chi connectivity index (χ2n) is 4.52. The van der Waals surface area contributed by atoms with Gasteiger partial charge in [-0.3, -0.25) is 0 Å². The summed E-state index contributed by atoms with van der Waals surface area (Å²) in [5, 5.41) is 4.17. The third-order valence-corrected chi connectivity index (χ3v) is 3.27. The molecule has 0 unspecified atom stereocenters. The number of hydrogen-bond donors (Lipinski definition) is 0. The van der Waals surface area contributed by atoms with Gasteiger partial charge in [-0.05, 0) is 18.1 Å². The van der Waals surface area contributed by atoms with E-state index < -0.39 is 5.97 Å². The lowest BCUT2D eigenvalue weighted by atomic mass is 10.1. The minimum atomic E-state index is -0.576. The lowest BCUT2D eigenvalue weighted by Crippen LogP contribution is -2.04. The molecule has 2 heterocycles. The number of nitrogens with zero attached hydrogens (tertiary/aromatic N) is 4. The van der Waals surface area contributed by atoms with Crippen LogP contribution in [0.5, 0.6) is 0 Å². The predicted molar refractivity (Wildman–Crippen MR) is 76.9 cm³/mol. The number of aryl methyl sites for hydroxylation is 1. The highest BCUT2D eigenvalue weighted by atomic mass is 16.5. The summed E-state index contributed by atoms with van der Waals surface area (Å²) >= 11 is 0. The molecule has 1 aromatic carbocycles. The topological polar surface area (TPSA) is 69.4 Å². The van der Waals surface area contributed by atoms with Crippen LogP contribution in [-0.2, 0) is 11.2 Å². The Hall–Kier alpha value is -2.76. The molecule has 0 aliphatic carbocycles. The fourth-order valence-electron chi connectivity index (χ4n) is 2.10. The molecule has 0 N–H and O–H groups in total. The molecule has 0 radical (unpaired) electrons. The molecule has 0 amide bonds. The van der Waals surface area contributed by atoms with Crippen molar-refractivity contribution >= 4 is 11.7 Å². The molecule has 0 fully saturated rings. The first-order valence-electron chi connectivity index (χ1n) is 6.62. The Morgan fingerprint density at radius 2 is 2.00 bits per heavy atom. The quantitative estimate of drug-likeness (QED) is 0.688. The van der Waals surface area contributed by atoms with Crippen molar-refractivity contribution < 1.29 is 9.53 Å². The number of hydrogen-bond acceptors (Lipinski definition) is 5. The smallest absolute Gasteiger partial charge is 0.378 e. The van der Waals surface area contributed by atoms with Gasteiger partial charge in [-0.25, -0.2) is 9.78 Å². The fourth-order valence-corrected chi connectivity index (χ4v) is 2.10.